The van der Waals surface area contributed by atoms with Crippen LogP contribution < -0.4 is 4.74 Å². The van der Waals surface area contributed by atoms with E-state index < -0.39 is 21.6 Å². The van der Waals surface area contributed by atoms with Crippen molar-refractivity contribution < 1.29 is 21.9 Å². The van der Waals surface area contributed by atoms with Crippen molar-refractivity contribution in [3.63, 3.8) is 0 Å². The average Bonchev–Trinajstić information content (AvgIpc) is 3.50. The second-order valence-electron chi connectivity index (χ2n) is 9.83. The third kappa shape index (κ3) is 7.60. The van der Waals surface area contributed by atoms with E-state index in [4.69, 9.17) is 4.74 Å². The Hall–Kier alpha value is -1.95. The van der Waals surface area contributed by atoms with E-state index in [1.54, 1.807) is 24.3 Å². The number of sulfone groups is 1. The number of ether oxygens (including phenoxy) is 1. The summed E-state index contributed by atoms with van der Waals surface area (Å²) in [6, 6.07) is 10.3. The molecule has 170 valence electrons. The van der Waals surface area contributed by atoms with E-state index in [9.17, 15) is 17.2 Å². The fourth-order valence-electron chi connectivity index (χ4n) is 3.58. The molecule has 0 heterocycles. The van der Waals surface area contributed by atoms with Crippen LogP contribution in [-0.4, -0.2) is 26.5 Å². The highest BCUT2D eigenvalue weighted by atomic mass is 32.2. The van der Waals surface area contributed by atoms with Crippen LogP contribution in [0.25, 0.3) is 0 Å². The lowest BCUT2D eigenvalue weighted by atomic mass is 9.91. The van der Waals surface area contributed by atoms with Crippen LogP contribution in [0.2, 0.25) is 0 Å². The fraction of sp³-hybridized carbons (Fsp3) is 0.520. The van der Waals surface area contributed by atoms with E-state index >= 15 is 0 Å². The third-order valence-electron chi connectivity index (χ3n) is 5.60. The maximum absolute atomic E-state index is 14.3. The first kappa shape index (κ1) is 23.7. The summed E-state index contributed by atoms with van der Waals surface area (Å²) in [5.74, 6) is -0.784. The normalized spacial score (nSPS) is 15.6. The van der Waals surface area contributed by atoms with Crippen molar-refractivity contribution in [3.05, 3.63) is 65.2 Å². The summed E-state index contributed by atoms with van der Waals surface area (Å²) in [6.45, 7) is 6.72. The second kappa shape index (κ2) is 9.68. The maximum Gasteiger partial charge on any atom is 0.165 e. The van der Waals surface area contributed by atoms with Crippen LogP contribution in [0, 0.1) is 23.0 Å². The van der Waals surface area contributed by atoms with Gasteiger partial charge in [0.05, 0.1) is 18.1 Å². The molecule has 31 heavy (non-hydrogen) atoms. The molecule has 1 aliphatic carbocycles. The average molecular weight is 451 g/mol. The van der Waals surface area contributed by atoms with Crippen LogP contribution in [0.4, 0.5) is 8.78 Å². The van der Waals surface area contributed by atoms with Crippen LogP contribution in [0.15, 0.2) is 42.5 Å². The van der Waals surface area contributed by atoms with Crippen LogP contribution in [0.1, 0.15) is 63.5 Å². The topological polar surface area (TPSA) is 43.4 Å². The van der Waals surface area contributed by atoms with Crippen LogP contribution in [-0.2, 0) is 9.84 Å². The zero-order chi connectivity index (χ0) is 22.6. The van der Waals surface area contributed by atoms with Crippen molar-refractivity contribution >= 4 is 9.84 Å². The van der Waals surface area contributed by atoms with Gasteiger partial charge in [0.15, 0.2) is 21.4 Å². The van der Waals surface area contributed by atoms with E-state index in [2.05, 4.69) is 20.8 Å². The molecule has 0 unspecified atom stereocenters. The molecule has 1 saturated carbocycles. The molecule has 6 heteroatoms. The quantitative estimate of drug-likeness (QED) is 0.438. The van der Waals surface area contributed by atoms with Gasteiger partial charge in [-0.15, -0.1) is 0 Å². The molecule has 0 radical (unpaired) electrons. The van der Waals surface area contributed by atoms with Gasteiger partial charge in [-0.3, -0.25) is 0 Å². The molecule has 1 aliphatic rings. The zero-order valence-corrected chi connectivity index (χ0v) is 19.4. The number of rotatable bonds is 10. The number of hydrogen-bond acceptors (Lipinski definition) is 3. The van der Waals surface area contributed by atoms with E-state index in [0.717, 1.165) is 19.3 Å². The molecule has 2 aromatic carbocycles. The lowest BCUT2D eigenvalue weighted by molar-refractivity contribution is 0.285. The van der Waals surface area contributed by atoms with Crippen molar-refractivity contribution in [2.24, 2.45) is 11.3 Å². The first-order valence-electron chi connectivity index (χ1n) is 10.9. The van der Waals surface area contributed by atoms with Gasteiger partial charge in [-0.25, -0.2) is 17.2 Å². The minimum atomic E-state index is -3.38. The van der Waals surface area contributed by atoms with Crippen LogP contribution in [0.5, 0.6) is 5.75 Å². The predicted molar refractivity (Wildman–Crippen MR) is 120 cm³/mol. The lowest BCUT2D eigenvalue weighted by Gasteiger charge is -2.21. The van der Waals surface area contributed by atoms with Gasteiger partial charge in [-0.1, -0.05) is 39.0 Å². The van der Waals surface area contributed by atoms with E-state index in [1.807, 2.05) is 0 Å². The summed E-state index contributed by atoms with van der Waals surface area (Å²) in [4.78, 5) is 0. The summed E-state index contributed by atoms with van der Waals surface area (Å²) < 4.78 is 59.3. The van der Waals surface area contributed by atoms with Gasteiger partial charge in [0.1, 0.15) is 5.82 Å². The Morgan fingerprint density at radius 1 is 1.03 bits per heavy atom. The van der Waals surface area contributed by atoms with Gasteiger partial charge in [-0.2, -0.15) is 0 Å². The van der Waals surface area contributed by atoms with Gasteiger partial charge >= 0.3 is 0 Å². The molecular weight excluding hydrogens is 418 g/mol. The lowest BCUT2D eigenvalue weighted by Crippen LogP contribution is -2.20. The molecule has 0 aliphatic heterocycles. The molecule has 3 nitrogen and oxygen atoms in total. The molecule has 3 rings (SSSR count). The molecule has 0 spiro atoms. The Morgan fingerprint density at radius 3 is 2.29 bits per heavy atom. The maximum atomic E-state index is 14.3. The highest BCUT2D eigenvalue weighted by Crippen LogP contribution is 2.33. The smallest absolute Gasteiger partial charge is 0.165 e. The summed E-state index contributed by atoms with van der Waals surface area (Å²) in [7, 11) is -3.38. The largest absolute Gasteiger partial charge is 0.490 e. The van der Waals surface area contributed by atoms with Crippen molar-refractivity contribution in [3.8, 4) is 5.75 Å². The van der Waals surface area contributed by atoms with E-state index in [1.165, 1.54) is 18.2 Å². The SMILES string of the molecule is CC(C)(C)CCCS(=O)(=O)C[C@H](c1ccc(F)cc1)c1ccc(F)c(OCC2CC2)c1. The summed E-state index contributed by atoms with van der Waals surface area (Å²) >= 11 is 0. The minimum absolute atomic E-state index is 0.0661. The molecular formula is C25H32F2O3S. The summed E-state index contributed by atoms with van der Waals surface area (Å²) in [5.41, 5.74) is 1.40. The monoisotopic (exact) mass is 450 g/mol. The van der Waals surface area contributed by atoms with Gasteiger partial charge in [0.2, 0.25) is 0 Å². The molecule has 0 N–H and O–H groups in total. The van der Waals surface area contributed by atoms with Crippen molar-refractivity contribution in [1.29, 1.82) is 0 Å². The standard InChI is InChI=1S/C25H32F2O3S/c1-25(2,3)13-4-14-31(28,29)17-22(19-7-10-21(26)11-8-19)20-9-12-23(27)24(15-20)30-16-18-5-6-18/h7-12,15,18,22H,4-6,13-14,16-17H2,1-3H3/t22-/m1/s1. The van der Waals surface area contributed by atoms with Crippen LogP contribution >= 0.6 is 0 Å². The second-order valence-corrected chi connectivity index (χ2v) is 12.1. The van der Waals surface area contributed by atoms with E-state index in [0.29, 0.717) is 30.1 Å². The highest BCUT2D eigenvalue weighted by Gasteiger charge is 2.26. The van der Waals surface area contributed by atoms with Gasteiger partial charge < -0.3 is 4.74 Å². The Labute approximate surface area is 184 Å². The summed E-state index contributed by atoms with van der Waals surface area (Å²) in [6.07, 6.45) is 3.57. The fourth-order valence-corrected chi connectivity index (χ4v) is 5.22. The van der Waals surface area contributed by atoms with Crippen LogP contribution in [0.3, 0.4) is 0 Å². The zero-order valence-electron chi connectivity index (χ0n) is 18.5. The molecule has 0 saturated heterocycles. The molecule has 1 atom stereocenters. The number of halogens is 2. The Kier molecular flexibility index (Phi) is 7.40. The van der Waals surface area contributed by atoms with Crippen molar-refractivity contribution in [2.45, 2.75) is 52.4 Å². The number of benzene rings is 2. The first-order chi connectivity index (χ1) is 14.5. The molecule has 0 aromatic heterocycles. The van der Waals surface area contributed by atoms with Crippen molar-refractivity contribution in [2.75, 3.05) is 18.1 Å². The third-order valence-corrected chi connectivity index (χ3v) is 7.36. The molecule has 0 bridgehead atoms. The van der Waals surface area contributed by atoms with Gasteiger partial charge in [-0.05, 0) is 72.4 Å². The van der Waals surface area contributed by atoms with Gasteiger partial charge in [0.25, 0.3) is 0 Å². The van der Waals surface area contributed by atoms with Crippen molar-refractivity contribution in [1.82, 2.24) is 0 Å². The number of hydrogen-bond donors (Lipinski definition) is 0. The Balaban J connectivity index is 1.84. The van der Waals surface area contributed by atoms with Gasteiger partial charge in [0, 0.05) is 5.92 Å². The summed E-state index contributed by atoms with van der Waals surface area (Å²) in [5, 5.41) is 0. The molecule has 2 aromatic rings. The Bertz CT molecular complexity index is 975. The molecule has 0 amide bonds. The first-order valence-corrected chi connectivity index (χ1v) is 12.7. The Morgan fingerprint density at radius 2 is 1.68 bits per heavy atom. The van der Waals surface area contributed by atoms with E-state index in [-0.39, 0.29) is 28.5 Å². The minimum Gasteiger partial charge on any atom is -0.490 e. The highest BCUT2D eigenvalue weighted by molar-refractivity contribution is 7.91. The molecule has 1 fully saturated rings. The predicted octanol–water partition coefficient (Wildman–Crippen LogP) is 6.13.